The molecule has 0 unspecified atom stereocenters. The molecule has 0 fully saturated rings. The van der Waals surface area contributed by atoms with Crippen LogP contribution in [0.5, 0.6) is 5.75 Å². The molecule has 3 rings (SSSR count). The van der Waals surface area contributed by atoms with Gasteiger partial charge in [-0.05, 0) is 38.5 Å². The predicted molar refractivity (Wildman–Crippen MR) is 134 cm³/mol. The highest BCUT2D eigenvalue weighted by atomic mass is 32.1. The van der Waals surface area contributed by atoms with Gasteiger partial charge in [0, 0.05) is 16.5 Å². The Morgan fingerprint density at radius 3 is 2.33 bits per heavy atom. The van der Waals surface area contributed by atoms with Crippen molar-refractivity contribution >= 4 is 39.9 Å². The molecule has 188 valence electrons. The highest BCUT2D eigenvalue weighted by Gasteiger charge is 2.26. The summed E-state index contributed by atoms with van der Waals surface area (Å²) in [5.74, 6) is -2.22. The van der Waals surface area contributed by atoms with E-state index in [0.717, 1.165) is 22.1 Å². The van der Waals surface area contributed by atoms with E-state index in [1.807, 2.05) is 38.1 Å². The van der Waals surface area contributed by atoms with Crippen LogP contribution in [0.1, 0.15) is 38.1 Å². The molecule has 10 nitrogen and oxygen atoms in total. The van der Waals surface area contributed by atoms with Gasteiger partial charge in [0.15, 0.2) is 12.4 Å². The van der Waals surface area contributed by atoms with Gasteiger partial charge in [0.2, 0.25) is 0 Å². The molecule has 1 amide bonds. The van der Waals surface area contributed by atoms with E-state index in [-0.39, 0.29) is 28.5 Å². The molecule has 2 aromatic carbocycles. The minimum atomic E-state index is -0.927. The van der Waals surface area contributed by atoms with E-state index in [9.17, 15) is 24.5 Å². The second kappa shape index (κ2) is 11.5. The maximum absolute atomic E-state index is 12.8. The standard InChI is InChI=1S/C25H24N2O8S/c1-5-34-25(30)22-21(16-8-6-14(2)7-9-16)15(3)36-23(22)26-20(28)13-35-24(29)17-10-11-19(33-4)18(12-17)27(31)32/h6-12H,5,13H2,1-4H3,(H,26,28). The predicted octanol–water partition coefficient (Wildman–Crippen LogP) is 4.92. The van der Waals surface area contributed by atoms with E-state index in [1.165, 1.54) is 30.6 Å². The summed E-state index contributed by atoms with van der Waals surface area (Å²) in [7, 11) is 1.27. The Morgan fingerprint density at radius 2 is 1.72 bits per heavy atom. The second-order valence-electron chi connectivity index (χ2n) is 7.59. The molecule has 0 bridgehead atoms. The van der Waals surface area contributed by atoms with Gasteiger partial charge < -0.3 is 19.5 Å². The largest absolute Gasteiger partial charge is 0.490 e. The first-order valence-corrected chi connectivity index (χ1v) is 11.6. The third-order valence-electron chi connectivity index (χ3n) is 5.10. The Morgan fingerprint density at radius 1 is 1.03 bits per heavy atom. The zero-order valence-electron chi connectivity index (χ0n) is 20.1. The lowest BCUT2D eigenvalue weighted by atomic mass is 10.0. The highest BCUT2D eigenvalue weighted by Crippen LogP contribution is 2.40. The summed E-state index contributed by atoms with van der Waals surface area (Å²) in [6, 6.07) is 11.2. The number of methoxy groups -OCH3 is 1. The molecule has 1 aromatic heterocycles. The van der Waals surface area contributed by atoms with Gasteiger partial charge in [-0.3, -0.25) is 14.9 Å². The zero-order chi connectivity index (χ0) is 26.4. The number of anilines is 1. The number of carbonyl (C=O) groups excluding carboxylic acids is 3. The number of hydrogen-bond acceptors (Lipinski definition) is 9. The number of esters is 2. The van der Waals surface area contributed by atoms with E-state index < -0.39 is 35.1 Å². The van der Waals surface area contributed by atoms with Gasteiger partial charge in [-0.15, -0.1) is 11.3 Å². The highest BCUT2D eigenvalue weighted by molar-refractivity contribution is 7.17. The van der Waals surface area contributed by atoms with Crippen molar-refractivity contribution in [3.05, 3.63) is 74.1 Å². The lowest BCUT2D eigenvalue weighted by molar-refractivity contribution is -0.385. The number of benzene rings is 2. The fourth-order valence-corrected chi connectivity index (χ4v) is 4.52. The molecule has 0 saturated carbocycles. The number of aryl methyl sites for hydroxylation is 2. The van der Waals surface area contributed by atoms with Gasteiger partial charge in [0.1, 0.15) is 10.6 Å². The number of amides is 1. The number of nitrogens with zero attached hydrogens (tertiary/aromatic N) is 1. The van der Waals surface area contributed by atoms with Crippen LogP contribution in [-0.2, 0) is 14.3 Å². The lowest BCUT2D eigenvalue weighted by Gasteiger charge is -2.10. The van der Waals surface area contributed by atoms with Crippen LogP contribution < -0.4 is 10.1 Å². The fourth-order valence-electron chi connectivity index (χ4n) is 3.44. The van der Waals surface area contributed by atoms with Crippen molar-refractivity contribution in [1.82, 2.24) is 0 Å². The number of rotatable bonds is 9. The lowest BCUT2D eigenvalue weighted by Crippen LogP contribution is -2.21. The Labute approximate surface area is 210 Å². The molecule has 0 aliphatic rings. The molecule has 0 saturated heterocycles. The number of hydrogen-bond donors (Lipinski definition) is 1. The average Bonchev–Trinajstić information content (AvgIpc) is 3.17. The number of nitrogens with one attached hydrogen (secondary N) is 1. The summed E-state index contributed by atoms with van der Waals surface area (Å²) in [5.41, 5.74) is 2.20. The van der Waals surface area contributed by atoms with Gasteiger partial charge in [0.05, 0.1) is 24.2 Å². The molecule has 0 aliphatic heterocycles. The van der Waals surface area contributed by atoms with Crippen LogP contribution in [0.4, 0.5) is 10.7 Å². The van der Waals surface area contributed by atoms with E-state index in [1.54, 1.807) is 6.92 Å². The molecular formula is C25H24N2O8S. The van der Waals surface area contributed by atoms with Gasteiger partial charge in [-0.1, -0.05) is 29.8 Å². The van der Waals surface area contributed by atoms with Crippen LogP contribution >= 0.6 is 11.3 Å². The maximum atomic E-state index is 12.8. The van der Waals surface area contributed by atoms with E-state index in [2.05, 4.69) is 5.32 Å². The summed E-state index contributed by atoms with van der Waals surface area (Å²) in [6.45, 7) is 4.95. The molecule has 1 N–H and O–H groups in total. The minimum Gasteiger partial charge on any atom is -0.490 e. The summed E-state index contributed by atoms with van der Waals surface area (Å²) < 4.78 is 15.2. The Kier molecular flexibility index (Phi) is 8.38. The first kappa shape index (κ1) is 26.4. The van der Waals surface area contributed by atoms with Crippen molar-refractivity contribution < 1.29 is 33.5 Å². The van der Waals surface area contributed by atoms with Gasteiger partial charge in [-0.25, -0.2) is 9.59 Å². The summed E-state index contributed by atoms with van der Waals surface area (Å²) >= 11 is 1.20. The van der Waals surface area contributed by atoms with E-state index in [0.29, 0.717) is 5.56 Å². The van der Waals surface area contributed by atoms with Crippen molar-refractivity contribution in [2.24, 2.45) is 0 Å². The Bertz CT molecular complexity index is 1310. The molecule has 0 atom stereocenters. The van der Waals surface area contributed by atoms with Crippen molar-refractivity contribution in [2.45, 2.75) is 20.8 Å². The number of carbonyl (C=O) groups is 3. The molecule has 0 spiro atoms. The van der Waals surface area contributed by atoms with E-state index in [4.69, 9.17) is 14.2 Å². The quantitative estimate of drug-likeness (QED) is 0.243. The molecule has 1 heterocycles. The molecule has 36 heavy (non-hydrogen) atoms. The van der Waals surface area contributed by atoms with Gasteiger partial charge >= 0.3 is 17.6 Å². The van der Waals surface area contributed by atoms with Crippen LogP contribution in [0.2, 0.25) is 0 Å². The first-order chi connectivity index (χ1) is 17.2. The number of ether oxygens (including phenoxy) is 3. The summed E-state index contributed by atoms with van der Waals surface area (Å²) in [6.07, 6.45) is 0. The summed E-state index contributed by atoms with van der Waals surface area (Å²) in [5, 5.41) is 14.1. The number of thiophene rings is 1. The molecular weight excluding hydrogens is 488 g/mol. The smallest absolute Gasteiger partial charge is 0.341 e. The topological polar surface area (TPSA) is 134 Å². The van der Waals surface area contributed by atoms with Crippen LogP contribution in [0.25, 0.3) is 11.1 Å². The third kappa shape index (κ3) is 5.87. The SMILES string of the molecule is CCOC(=O)c1c(NC(=O)COC(=O)c2ccc(OC)c([N+](=O)[O-])c2)sc(C)c1-c1ccc(C)cc1. The number of nitro groups is 1. The molecule has 3 aromatic rings. The van der Waals surface area contributed by atoms with Crippen LogP contribution in [0.3, 0.4) is 0 Å². The van der Waals surface area contributed by atoms with Gasteiger partial charge in [-0.2, -0.15) is 0 Å². The van der Waals surface area contributed by atoms with Crippen molar-refractivity contribution in [2.75, 3.05) is 25.6 Å². The normalized spacial score (nSPS) is 10.4. The van der Waals surface area contributed by atoms with Crippen molar-refractivity contribution in [3.63, 3.8) is 0 Å². The molecule has 0 aliphatic carbocycles. The molecule has 0 radical (unpaired) electrons. The monoisotopic (exact) mass is 512 g/mol. The summed E-state index contributed by atoms with van der Waals surface area (Å²) in [4.78, 5) is 49.0. The first-order valence-electron chi connectivity index (χ1n) is 10.8. The average molecular weight is 513 g/mol. The van der Waals surface area contributed by atoms with E-state index >= 15 is 0 Å². The fraction of sp³-hybridized carbons (Fsp3) is 0.240. The van der Waals surface area contributed by atoms with Crippen molar-refractivity contribution in [3.8, 4) is 16.9 Å². The zero-order valence-corrected chi connectivity index (χ0v) is 20.9. The van der Waals surface area contributed by atoms with Crippen molar-refractivity contribution in [1.29, 1.82) is 0 Å². The Balaban J connectivity index is 1.79. The minimum absolute atomic E-state index is 0.0155. The van der Waals surface area contributed by atoms with Crippen LogP contribution in [0.15, 0.2) is 42.5 Å². The maximum Gasteiger partial charge on any atom is 0.341 e. The Hall–Kier alpha value is -4.25. The van der Waals surface area contributed by atoms with Gasteiger partial charge in [0.25, 0.3) is 5.91 Å². The second-order valence-corrected chi connectivity index (χ2v) is 8.82. The van der Waals surface area contributed by atoms with Crippen LogP contribution in [-0.4, -0.2) is 43.1 Å². The third-order valence-corrected chi connectivity index (χ3v) is 6.12. The molecule has 11 heteroatoms. The van der Waals surface area contributed by atoms with Crippen LogP contribution in [0, 0.1) is 24.0 Å². The number of nitro benzene ring substituents is 1.